The van der Waals surface area contributed by atoms with E-state index in [1.807, 2.05) is 53.4 Å². The van der Waals surface area contributed by atoms with Crippen LogP contribution in [0.5, 0.6) is 0 Å². The maximum Gasteiger partial charge on any atom is 0.207 e. The molecule has 0 spiro atoms. The van der Waals surface area contributed by atoms with E-state index in [2.05, 4.69) is 15.0 Å². The van der Waals surface area contributed by atoms with Gasteiger partial charge in [-0.1, -0.05) is 29.8 Å². The molecule has 3 aromatic heterocycles. The molecule has 0 bridgehead atoms. The summed E-state index contributed by atoms with van der Waals surface area (Å²) in [5.74, 6) is 0. The van der Waals surface area contributed by atoms with Gasteiger partial charge >= 0.3 is 0 Å². The van der Waals surface area contributed by atoms with Crippen LogP contribution >= 0.6 is 11.6 Å². The summed E-state index contributed by atoms with van der Waals surface area (Å²) in [6, 6.07) is 13.3. The van der Waals surface area contributed by atoms with Gasteiger partial charge in [-0.05, 0) is 29.8 Å². The van der Waals surface area contributed by atoms with Crippen molar-refractivity contribution in [2.45, 2.75) is 13.0 Å². The van der Waals surface area contributed by atoms with Crippen LogP contribution in [-0.2, 0) is 13.0 Å². The van der Waals surface area contributed by atoms with Crippen molar-refractivity contribution in [2.75, 3.05) is 0 Å². The molecule has 24 heavy (non-hydrogen) atoms. The van der Waals surface area contributed by atoms with E-state index < -0.39 is 0 Å². The second-order valence-corrected chi connectivity index (χ2v) is 5.57. The Morgan fingerprint density at radius 1 is 1.12 bits per heavy atom. The van der Waals surface area contributed by atoms with Gasteiger partial charge in [0.25, 0.3) is 0 Å². The fourth-order valence-corrected chi connectivity index (χ4v) is 2.55. The van der Waals surface area contributed by atoms with Crippen LogP contribution in [0.3, 0.4) is 0 Å². The Hall–Kier alpha value is -2.97. The molecule has 0 radical (unpaired) electrons. The predicted molar refractivity (Wildman–Crippen MR) is 91.0 cm³/mol. The van der Waals surface area contributed by atoms with Crippen LogP contribution in [0.4, 0.5) is 0 Å². The normalized spacial score (nSPS) is 11.2. The standard InChI is InChI=1S/C18H14ClN5/c19-17-7-6-14(11-22-17)12-24-9-3-4-15(18(24)23-13-20)10-16-5-1-2-8-21-16/h1-9,11H,10,12H2/b23-18+. The summed E-state index contributed by atoms with van der Waals surface area (Å²) in [6.07, 6.45) is 7.88. The summed E-state index contributed by atoms with van der Waals surface area (Å²) in [6.45, 7) is 0.556. The molecule has 0 aromatic carbocycles. The zero-order valence-electron chi connectivity index (χ0n) is 12.8. The van der Waals surface area contributed by atoms with Crippen molar-refractivity contribution < 1.29 is 0 Å². The van der Waals surface area contributed by atoms with E-state index in [0.29, 0.717) is 23.6 Å². The summed E-state index contributed by atoms with van der Waals surface area (Å²) >= 11 is 5.82. The molecule has 5 nitrogen and oxygen atoms in total. The fraction of sp³-hybridized carbons (Fsp3) is 0.111. The van der Waals surface area contributed by atoms with Crippen LogP contribution in [-0.4, -0.2) is 14.5 Å². The topological polar surface area (TPSA) is 66.9 Å². The van der Waals surface area contributed by atoms with Gasteiger partial charge in [-0.15, -0.1) is 0 Å². The molecule has 0 aliphatic carbocycles. The number of aromatic nitrogens is 3. The van der Waals surface area contributed by atoms with Crippen LogP contribution in [0.15, 0.2) is 66.0 Å². The Kier molecular flexibility index (Phi) is 4.99. The van der Waals surface area contributed by atoms with Crippen molar-refractivity contribution in [3.05, 3.63) is 88.5 Å². The molecule has 0 aliphatic heterocycles. The Morgan fingerprint density at radius 2 is 2.04 bits per heavy atom. The van der Waals surface area contributed by atoms with Gasteiger partial charge in [0.15, 0.2) is 0 Å². The van der Waals surface area contributed by atoms with Crippen LogP contribution in [0.1, 0.15) is 16.8 Å². The van der Waals surface area contributed by atoms with Crippen LogP contribution in [0, 0.1) is 11.5 Å². The third-order valence-corrected chi connectivity index (χ3v) is 3.74. The average Bonchev–Trinajstić information content (AvgIpc) is 2.61. The van der Waals surface area contributed by atoms with Gasteiger partial charge in [-0.25, -0.2) is 4.98 Å². The van der Waals surface area contributed by atoms with Gasteiger partial charge in [-0.3, -0.25) is 4.98 Å². The summed E-state index contributed by atoms with van der Waals surface area (Å²) in [5.41, 5.74) is 3.48. The number of rotatable bonds is 4. The van der Waals surface area contributed by atoms with E-state index in [9.17, 15) is 0 Å². The van der Waals surface area contributed by atoms with Crippen LogP contribution < -0.4 is 5.49 Å². The van der Waals surface area contributed by atoms with Crippen molar-refractivity contribution in [3.63, 3.8) is 0 Å². The number of hydrogen-bond donors (Lipinski definition) is 0. The molecule has 0 atom stereocenters. The van der Waals surface area contributed by atoms with Gasteiger partial charge < -0.3 is 4.57 Å². The van der Waals surface area contributed by atoms with Gasteiger partial charge in [0.1, 0.15) is 10.6 Å². The zero-order chi connectivity index (χ0) is 16.8. The van der Waals surface area contributed by atoms with E-state index in [0.717, 1.165) is 16.8 Å². The molecule has 0 fully saturated rings. The molecule has 6 heteroatoms. The molecule has 0 saturated heterocycles. The molecule has 118 valence electrons. The lowest BCUT2D eigenvalue weighted by molar-refractivity contribution is 0.727. The Bertz CT molecular complexity index is 924. The summed E-state index contributed by atoms with van der Waals surface area (Å²) < 4.78 is 1.92. The minimum absolute atomic E-state index is 0.453. The summed E-state index contributed by atoms with van der Waals surface area (Å²) in [7, 11) is 0. The first kappa shape index (κ1) is 15.9. The molecular formula is C18H14ClN5. The lowest BCUT2D eigenvalue weighted by Gasteiger charge is -2.10. The van der Waals surface area contributed by atoms with Gasteiger partial charge in [0.05, 0.1) is 6.54 Å². The zero-order valence-corrected chi connectivity index (χ0v) is 13.6. The lowest BCUT2D eigenvalue weighted by Crippen LogP contribution is -2.25. The maximum atomic E-state index is 9.06. The summed E-state index contributed by atoms with van der Waals surface area (Å²) in [5, 5.41) is 9.52. The Morgan fingerprint density at radius 3 is 2.75 bits per heavy atom. The first-order chi connectivity index (χ1) is 11.8. The highest BCUT2D eigenvalue weighted by atomic mass is 35.5. The number of nitriles is 1. The highest BCUT2D eigenvalue weighted by Gasteiger charge is 2.05. The van der Waals surface area contributed by atoms with Gasteiger partial charge in [0, 0.05) is 36.3 Å². The number of pyridine rings is 3. The Balaban J connectivity index is 1.98. The SMILES string of the molecule is N#C/N=c1\c(Cc2ccccn2)cccn1Cc1ccc(Cl)nc1. The lowest BCUT2D eigenvalue weighted by atomic mass is 10.1. The van der Waals surface area contributed by atoms with E-state index >= 15 is 0 Å². The minimum Gasteiger partial charge on any atom is -0.328 e. The molecule has 0 unspecified atom stereocenters. The monoisotopic (exact) mass is 335 g/mol. The van der Waals surface area contributed by atoms with Crippen molar-refractivity contribution in [3.8, 4) is 6.19 Å². The average molecular weight is 336 g/mol. The number of halogens is 1. The maximum absolute atomic E-state index is 9.06. The van der Waals surface area contributed by atoms with Gasteiger partial charge in [0.2, 0.25) is 6.19 Å². The van der Waals surface area contributed by atoms with E-state index in [4.69, 9.17) is 16.9 Å². The van der Waals surface area contributed by atoms with Crippen molar-refractivity contribution in [1.82, 2.24) is 14.5 Å². The molecule has 0 N–H and O–H groups in total. The van der Waals surface area contributed by atoms with Crippen molar-refractivity contribution in [1.29, 1.82) is 5.26 Å². The smallest absolute Gasteiger partial charge is 0.207 e. The first-order valence-electron chi connectivity index (χ1n) is 7.38. The number of nitrogens with zero attached hydrogens (tertiary/aromatic N) is 5. The molecule has 0 saturated carbocycles. The quantitative estimate of drug-likeness (QED) is 0.544. The third-order valence-electron chi connectivity index (χ3n) is 3.52. The predicted octanol–water partition coefficient (Wildman–Crippen LogP) is 2.95. The molecule has 3 heterocycles. The summed E-state index contributed by atoms with van der Waals surface area (Å²) in [4.78, 5) is 12.4. The third kappa shape index (κ3) is 3.86. The fourth-order valence-electron chi connectivity index (χ4n) is 2.44. The van der Waals surface area contributed by atoms with Crippen LogP contribution in [0.2, 0.25) is 5.15 Å². The molecule has 0 amide bonds. The van der Waals surface area contributed by atoms with Gasteiger partial charge in [-0.2, -0.15) is 10.3 Å². The van der Waals surface area contributed by atoms with Crippen LogP contribution in [0.25, 0.3) is 0 Å². The first-order valence-corrected chi connectivity index (χ1v) is 7.75. The largest absolute Gasteiger partial charge is 0.328 e. The minimum atomic E-state index is 0.453. The van der Waals surface area contributed by atoms with Crippen molar-refractivity contribution in [2.24, 2.45) is 4.99 Å². The Labute approximate surface area is 144 Å². The highest BCUT2D eigenvalue weighted by molar-refractivity contribution is 6.29. The van der Waals surface area contributed by atoms with E-state index in [1.54, 1.807) is 18.5 Å². The second kappa shape index (κ2) is 7.53. The van der Waals surface area contributed by atoms with E-state index in [1.165, 1.54) is 0 Å². The molecule has 3 rings (SSSR count). The number of hydrogen-bond acceptors (Lipinski definition) is 4. The molecule has 3 aromatic rings. The highest BCUT2D eigenvalue weighted by Crippen LogP contribution is 2.07. The molecular weight excluding hydrogens is 322 g/mol. The molecule has 0 aliphatic rings. The van der Waals surface area contributed by atoms with E-state index in [-0.39, 0.29) is 0 Å². The second-order valence-electron chi connectivity index (χ2n) is 5.18. The van der Waals surface area contributed by atoms with Crippen molar-refractivity contribution >= 4 is 11.6 Å².